The molecule has 0 saturated carbocycles. The molecule has 7 nitrogen and oxygen atoms in total. The Labute approximate surface area is 186 Å². The summed E-state index contributed by atoms with van der Waals surface area (Å²) in [5.74, 6) is -6.46. The molecule has 2 aliphatic rings. The molecule has 1 unspecified atom stereocenters. The van der Waals surface area contributed by atoms with Crippen molar-refractivity contribution in [1.82, 2.24) is 15.5 Å². The number of amides is 4. The fourth-order valence-corrected chi connectivity index (χ4v) is 4.04. The second-order valence-corrected chi connectivity index (χ2v) is 8.10. The molecule has 0 bridgehead atoms. The van der Waals surface area contributed by atoms with Crippen LogP contribution in [0.2, 0.25) is 5.02 Å². The van der Waals surface area contributed by atoms with Crippen LogP contribution in [0.5, 0.6) is 0 Å². The van der Waals surface area contributed by atoms with E-state index < -0.39 is 29.3 Å². The second kappa shape index (κ2) is 8.31. The topological polar surface area (TPSA) is 95.6 Å². The lowest BCUT2D eigenvalue weighted by Crippen LogP contribution is -2.52. The number of nitrogens with one attached hydrogen (secondary N) is 2. The Morgan fingerprint density at radius 2 is 1.97 bits per heavy atom. The number of hydrogen-bond donors (Lipinski definition) is 2. The van der Waals surface area contributed by atoms with Gasteiger partial charge >= 0.3 is 5.92 Å². The van der Waals surface area contributed by atoms with Crippen LogP contribution in [-0.4, -0.2) is 34.6 Å². The van der Waals surface area contributed by atoms with E-state index in [0.717, 1.165) is 12.1 Å². The lowest BCUT2D eigenvalue weighted by atomic mass is 10.0. The number of piperidine rings is 1. The molecule has 0 aliphatic carbocycles. The van der Waals surface area contributed by atoms with E-state index in [9.17, 15) is 28.0 Å². The zero-order chi connectivity index (χ0) is 23.0. The lowest BCUT2D eigenvalue weighted by molar-refractivity contribution is -0.147. The quantitative estimate of drug-likeness (QED) is 0.669. The molecular weight excluding hydrogens is 444 g/mol. The van der Waals surface area contributed by atoms with Gasteiger partial charge in [0.25, 0.3) is 11.8 Å². The minimum atomic E-state index is -3.76. The highest BCUT2D eigenvalue weighted by molar-refractivity contribution is 6.30. The number of benzene rings is 2. The summed E-state index contributed by atoms with van der Waals surface area (Å²) in [7, 11) is 0. The average molecular weight is 462 g/mol. The Morgan fingerprint density at radius 3 is 2.69 bits per heavy atom. The van der Waals surface area contributed by atoms with Crippen LogP contribution in [0.1, 0.15) is 39.9 Å². The van der Waals surface area contributed by atoms with Gasteiger partial charge in [0.2, 0.25) is 11.8 Å². The molecule has 1 atom stereocenters. The smallest absolute Gasteiger partial charge is 0.346 e. The molecule has 166 valence electrons. The first kappa shape index (κ1) is 21.9. The molecule has 1 saturated heterocycles. The van der Waals surface area contributed by atoms with E-state index in [0.29, 0.717) is 16.7 Å². The van der Waals surface area contributed by atoms with Crippen LogP contribution in [0, 0.1) is 0 Å². The van der Waals surface area contributed by atoms with Crippen molar-refractivity contribution < 1.29 is 28.0 Å². The normalized spacial score (nSPS) is 18.4. The number of carbonyl (C=O) groups is 4. The van der Waals surface area contributed by atoms with E-state index in [4.69, 9.17) is 11.6 Å². The Balaban J connectivity index is 1.44. The summed E-state index contributed by atoms with van der Waals surface area (Å²) >= 11 is 5.74. The number of rotatable bonds is 5. The molecule has 2 heterocycles. The Kier molecular flexibility index (Phi) is 5.68. The lowest BCUT2D eigenvalue weighted by Gasteiger charge is -2.29. The summed E-state index contributed by atoms with van der Waals surface area (Å²) < 4.78 is 28.9. The van der Waals surface area contributed by atoms with E-state index in [1.807, 2.05) is 0 Å². The zero-order valence-electron chi connectivity index (χ0n) is 16.7. The van der Waals surface area contributed by atoms with Crippen molar-refractivity contribution in [1.29, 1.82) is 0 Å². The third-order valence-corrected chi connectivity index (χ3v) is 5.75. The van der Waals surface area contributed by atoms with Crippen molar-refractivity contribution >= 4 is 35.2 Å². The SMILES string of the molecule is O=C1CCC(N2Cc3cc(CNC(=O)C(F)(F)c4cccc(Cl)c4)ccc3C2=O)C(=O)N1. The molecule has 0 spiro atoms. The minimum Gasteiger partial charge on any atom is -0.346 e. The average Bonchev–Trinajstić information content (AvgIpc) is 3.07. The van der Waals surface area contributed by atoms with Gasteiger partial charge in [-0.3, -0.25) is 24.5 Å². The first-order valence-corrected chi connectivity index (χ1v) is 10.2. The van der Waals surface area contributed by atoms with Gasteiger partial charge in [-0.15, -0.1) is 0 Å². The van der Waals surface area contributed by atoms with Gasteiger partial charge in [-0.05, 0) is 35.7 Å². The highest BCUT2D eigenvalue weighted by Crippen LogP contribution is 2.31. The Morgan fingerprint density at radius 1 is 1.19 bits per heavy atom. The summed E-state index contributed by atoms with van der Waals surface area (Å²) in [5, 5.41) is 4.54. The molecule has 2 aromatic carbocycles. The fourth-order valence-electron chi connectivity index (χ4n) is 3.85. The summed E-state index contributed by atoms with van der Waals surface area (Å²) in [5.41, 5.74) is 1.03. The zero-order valence-corrected chi connectivity index (χ0v) is 17.4. The number of halogens is 3. The molecule has 0 radical (unpaired) electrons. The van der Waals surface area contributed by atoms with Gasteiger partial charge in [-0.1, -0.05) is 35.9 Å². The molecule has 4 rings (SSSR count). The predicted molar refractivity (Wildman–Crippen MR) is 110 cm³/mol. The Hall–Kier alpha value is -3.33. The number of fused-ring (bicyclic) bond motifs is 1. The third-order valence-electron chi connectivity index (χ3n) is 5.51. The van der Waals surface area contributed by atoms with Crippen LogP contribution in [0.3, 0.4) is 0 Å². The van der Waals surface area contributed by atoms with E-state index in [1.165, 1.54) is 17.0 Å². The maximum Gasteiger partial charge on any atom is 0.349 e. The van der Waals surface area contributed by atoms with Gasteiger partial charge in [0.05, 0.1) is 0 Å². The van der Waals surface area contributed by atoms with Crippen LogP contribution in [-0.2, 0) is 33.4 Å². The first-order chi connectivity index (χ1) is 15.2. The van der Waals surface area contributed by atoms with E-state index >= 15 is 0 Å². The van der Waals surface area contributed by atoms with Crippen molar-refractivity contribution in [2.24, 2.45) is 0 Å². The molecule has 2 N–H and O–H groups in total. The number of hydrogen-bond acceptors (Lipinski definition) is 4. The number of nitrogens with zero attached hydrogens (tertiary/aromatic N) is 1. The molecule has 32 heavy (non-hydrogen) atoms. The number of carbonyl (C=O) groups excluding carboxylic acids is 4. The van der Waals surface area contributed by atoms with Crippen LogP contribution >= 0.6 is 11.6 Å². The van der Waals surface area contributed by atoms with Gasteiger partial charge in [-0.25, -0.2) is 0 Å². The van der Waals surface area contributed by atoms with Crippen LogP contribution in [0.15, 0.2) is 42.5 Å². The number of imide groups is 1. The largest absolute Gasteiger partial charge is 0.349 e. The third kappa shape index (κ3) is 4.08. The molecule has 0 aromatic heterocycles. The van der Waals surface area contributed by atoms with Crippen LogP contribution in [0.4, 0.5) is 8.78 Å². The van der Waals surface area contributed by atoms with Crippen molar-refractivity contribution in [2.45, 2.75) is 37.9 Å². The second-order valence-electron chi connectivity index (χ2n) is 7.66. The van der Waals surface area contributed by atoms with Crippen LogP contribution in [0.25, 0.3) is 0 Å². The van der Waals surface area contributed by atoms with Gasteiger partial charge in [-0.2, -0.15) is 8.78 Å². The summed E-state index contributed by atoms with van der Waals surface area (Å²) in [6.07, 6.45) is 0.389. The van der Waals surface area contributed by atoms with Crippen molar-refractivity contribution in [3.63, 3.8) is 0 Å². The molecule has 2 aliphatic heterocycles. The highest BCUT2D eigenvalue weighted by Gasteiger charge is 2.41. The van der Waals surface area contributed by atoms with Crippen molar-refractivity contribution in [3.05, 3.63) is 69.7 Å². The summed E-state index contributed by atoms with van der Waals surface area (Å²) in [6, 6.07) is 8.92. The maximum atomic E-state index is 14.4. The highest BCUT2D eigenvalue weighted by atomic mass is 35.5. The Bertz CT molecular complexity index is 1140. The molecular formula is C22H18ClF2N3O4. The maximum absolute atomic E-state index is 14.4. The van der Waals surface area contributed by atoms with Crippen molar-refractivity contribution in [2.75, 3.05) is 0 Å². The first-order valence-electron chi connectivity index (χ1n) is 9.85. The van der Waals surface area contributed by atoms with E-state index in [2.05, 4.69) is 10.6 Å². The van der Waals surface area contributed by atoms with E-state index in [1.54, 1.807) is 18.2 Å². The number of alkyl halides is 2. The molecule has 10 heteroatoms. The molecule has 1 fully saturated rings. The van der Waals surface area contributed by atoms with Gasteiger partial charge < -0.3 is 10.2 Å². The van der Waals surface area contributed by atoms with Gasteiger partial charge in [0.1, 0.15) is 6.04 Å². The van der Waals surface area contributed by atoms with Crippen molar-refractivity contribution in [3.8, 4) is 0 Å². The fraction of sp³-hybridized carbons (Fsp3) is 0.273. The van der Waals surface area contributed by atoms with Gasteiger partial charge in [0, 0.05) is 35.7 Å². The van der Waals surface area contributed by atoms with Gasteiger partial charge in [0.15, 0.2) is 0 Å². The standard InChI is InChI=1S/C22H18ClF2N3O4/c23-15-3-1-2-14(9-15)22(24,25)21(32)26-10-12-4-5-16-13(8-12)11-28(20(16)31)17-6-7-18(29)27-19(17)30/h1-5,8-9,17H,6-7,10-11H2,(H,26,32)(H,27,29,30). The van der Waals surface area contributed by atoms with E-state index in [-0.39, 0.29) is 42.8 Å². The molecule has 4 amide bonds. The summed E-state index contributed by atoms with van der Waals surface area (Å²) in [6.45, 7) is -0.0181. The van der Waals surface area contributed by atoms with Crippen LogP contribution < -0.4 is 10.6 Å². The minimum absolute atomic E-state index is 0.0961. The summed E-state index contributed by atoms with van der Waals surface area (Å²) in [4.78, 5) is 49.7. The predicted octanol–water partition coefficient (Wildman–Crippen LogP) is 2.51. The monoisotopic (exact) mass is 461 g/mol. The molecule has 2 aromatic rings.